The SMILES string of the molecule is COCCC(NC(=O)NCCCN1CCNCC1)C(=O)O. The second-order valence-corrected chi connectivity index (χ2v) is 5.02. The van der Waals surface area contributed by atoms with Gasteiger partial charge in [-0.3, -0.25) is 0 Å². The average Bonchev–Trinajstić information content (AvgIpc) is 2.48. The van der Waals surface area contributed by atoms with E-state index >= 15 is 0 Å². The van der Waals surface area contributed by atoms with E-state index in [1.807, 2.05) is 0 Å². The second-order valence-electron chi connectivity index (χ2n) is 5.02. The molecule has 4 N–H and O–H groups in total. The van der Waals surface area contributed by atoms with Crippen LogP contribution in [0.4, 0.5) is 4.79 Å². The Hall–Kier alpha value is -1.38. The number of nitrogens with one attached hydrogen (secondary N) is 3. The van der Waals surface area contributed by atoms with Crippen molar-refractivity contribution in [3.05, 3.63) is 0 Å². The maximum Gasteiger partial charge on any atom is 0.326 e. The summed E-state index contributed by atoms with van der Waals surface area (Å²) in [5.41, 5.74) is 0. The van der Waals surface area contributed by atoms with E-state index in [1.165, 1.54) is 7.11 Å². The molecule has 0 aromatic carbocycles. The minimum Gasteiger partial charge on any atom is -0.480 e. The highest BCUT2D eigenvalue weighted by Crippen LogP contribution is 1.95. The first kappa shape index (κ1) is 17.7. The summed E-state index contributed by atoms with van der Waals surface area (Å²) in [7, 11) is 1.50. The van der Waals surface area contributed by atoms with Gasteiger partial charge in [-0.15, -0.1) is 0 Å². The van der Waals surface area contributed by atoms with E-state index in [4.69, 9.17) is 9.84 Å². The molecule has 8 nitrogen and oxygen atoms in total. The first-order chi connectivity index (χ1) is 10.1. The molecule has 0 bridgehead atoms. The predicted molar refractivity (Wildman–Crippen MR) is 78.4 cm³/mol. The van der Waals surface area contributed by atoms with Crippen molar-refractivity contribution < 1.29 is 19.4 Å². The maximum atomic E-state index is 11.6. The van der Waals surface area contributed by atoms with Crippen LogP contribution in [0.2, 0.25) is 0 Å². The largest absolute Gasteiger partial charge is 0.480 e. The van der Waals surface area contributed by atoms with Crippen molar-refractivity contribution in [2.45, 2.75) is 18.9 Å². The van der Waals surface area contributed by atoms with Crippen LogP contribution in [-0.4, -0.2) is 81.0 Å². The van der Waals surface area contributed by atoms with Gasteiger partial charge in [0.15, 0.2) is 0 Å². The number of rotatable bonds is 9. The normalized spacial score (nSPS) is 17.2. The van der Waals surface area contributed by atoms with Crippen molar-refractivity contribution in [1.82, 2.24) is 20.9 Å². The Bertz CT molecular complexity index is 321. The van der Waals surface area contributed by atoms with Crippen LogP contribution in [-0.2, 0) is 9.53 Å². The fraction of sp³-hybridized carbons (Fsp3) is 0.846. The van der Waals surface area contributed by atoms with Crippen molar-refractivity contribution in [3.63, 3.8) is 0 Å². The molecular weight excluding hydrogens is 276 g/mol. The molecule has 1 rings (SSSR count). The Morgan fingerprint density at radius 1 is 1.38 bits per heavy atom. The topological polar surface area (TPSA) is 103 Å². The molecule has 1 fully saturated rings. The van der Waals surface area contributed by atoms with E-state index in [-0.39, 0.29) is 6.42 Å². The quantitative estimate of drug-likeness (QED) is 0.410. The third-order valence-corrected chi connectivity index (χ3v) is 3.36. The van der Waals surface area contributed by atoms with Crippen LogP contribution in [0.1, 0.15) is 12.8 Å². The minimum absolute atomic E-state index is 0.250. The lowest BCUT2D eigenvalue weighted by molar-refractivity contribution is -0.139. The lowest BCUT2D eigenvalue weighted by atomic mass is 10.2. The van der Waals surface area contributed by atoms with Crippen molar-refractivity contribution in [3.8, 4) is 0 Å². The summed E-state index contributed by atoms with van der Waals surface area (Å²) in [6, 6.07) is -1.36. The number of hydrogen-bond acceptors (Lipinski definition) is 5. The molecular formula is C13H26N4O4. The summed E-state index contributed by atoms with van der Waals surface area (Å²) < 4.78 is 4.82. The Morgan fingerprint density at radius 3 is 2.71 bits per heavy atom. The van der Waals surface area contributed by atoms with Gasteiger partial charge in [0.05, 0.1) is 0 Å². The molecule has 8 heteroatoms. The highest BCUT2D eigenvalue weighted by molar-refractivity contribution is 5.82. The third kappa shape index (κ3) is 7.84. The molecule has 1 aliphatic rings. The molecule has 0 aliphatic carbocycles. The van der Waals surface area contributed by atoms with Crippen molar-refractivity contribution in [2.75, 3.05) is 53.0 Å². The zero-order valence-electron chi connectivity index (χ0n) is 12.6. The highest BCUT2D eigenvalue weighted by atomic mass is 16.5. The van der Waals surface area contributed by atoms with Gasteiger partial charge in [-0.25, -0.2) is 9.59 Å². The standard InChI is InChI=1S/C13H26N4O4/c1-21-10-3-11(12(18)19)16-13(20)15-4-2-7-17-8-5-14-6-9-17/h11,14H,2-10H2,1H3,(H,18,19)(H2,15,16,20). The molecule has 1 aliphatic heterocycles. The Balaban J connectivity index is 2.12. The number of hydrogen-bond donors (Lipinski definition) is 4. The number of carbonyl (C=O) groups is 2. The molecule has 1 unspecified atom stereocenters. The monoisotopic (exact) mass is 302 g/mol. The van der Waals surface area contributed by atoms with Crippen LogP contribution in [0.15, 0.2) is 0 Å². The lowest BCUT2D eigenvalue weighted by Gasteiger charge is -2.27. The molecule has 1 atom stereocenters. The molecule has 0 spiro atoms. The number of aliphatic carboxylic acids is 1. The number of methoxy groups -OCH3 is 1. The highest BCUT2D eigenvalue weighted by Gasteiger charge is 2.19. The van der Waals surface area contributed by atoms with E-state index < -0.39 is 18.0 Å². The molecule has 1 saturated heterocycles. The van der Waals surface area contributed by atoms with E-state index in [1.54, 1.807) is 0 Å². The number of urea groups is 1. The summed E-state index contributed by atoms with van der Waals surface area (Å²) in [4.78, 5) is 24.9. The van der Waals surface area contributed by atoms with Crippen LogP contribution < -0.4 is 16.0 Å². The van der Waals surface area contributed by atoms with E-state index in [0.29, 0.717) is 13.2 Å². The van der Waals surface area contributed by atoms with Crippen LogP contribution >= 0.6 is 0 Å². The van der Waals surface area contributed by atoms with Gasteiger partial charge in [-0.05, 0) is 13.0 Å². The minimum atomic E-state index is -1.05. The molecule has 0 saturated carbocycles. The van der Waals surface area contributed by atoms with Gasteiger partial charge in [-0.1, -0.05) is 0 Å². The van der Waals surface area contributed by atoms with Crippen LogP contribution in [0.5, 0.6) is 0 Å². The number of amides is 2. The number of carboxylic acids is 1. The van der Waals surface area contributed by atoms with Gasteiger partial charge in [-0.2, -0.15) is 0 Å². The first-order valence-corrected chi connectivity index (χ1v) is 7.32. The smallest absolute Gasteiger partial charge is 0.326 e. The lowest BCUT2D eigenvalue weighted by Crippen LogP contribution is -2.47. The molecule has 2 amide bonds. The molecule has 0 radical (unpaired) electrons. The van der Waals surface area contributed by atoms with Crippen molar-refractivity contribution in [2.24, 2.45) is 0 Å². The van der Waals surface area contributed by atoms with Gasteiger partial charge in [0.1, 0.15) is 6.04 Å². The van der Waals surface area contributed by atoms with E-state index in [2.05, 4.69) is 20.9 Å². The molecule has 122 valence electrons. The summed E-state index contributed by atoms with van der Waals surface area (Å²) in [5.74, 6) is -1.05. The van der Waals surface area contributed by atoms with Crippen LogP contribution in [0.25, 0.3) is 0 Å². The zero-order valence-corrected chi connectivity index (χ0v) is 12.6. The summed E-state index contributed by atoms with van der Waals surface area (Å²) in [6.45, 7) is 5.84. The van der Waals surface area contributed by atoms with Crippen molar-refractivity contribution >= 4 is 12.0 Å². The number of carbonyl (C=O) groups excluding carboxylic acids is 1. The van der Waals surface area contributed by atoms with Gasteiger partial charge in [0.2, 0.25) is 0 Å². The number of carboxylic acid groups (broad SMARTS) is 1. The summed E-state index contributed by atoms with van der Waals surface area (Å²) in [6.07, 6.45) is 1.10. The Morgan fingerprint density at radius 2 is 2.10 bits per heavy atom. The summed E-state index contributed by atoms with van der Waals surface area (Å²) in [5, 5.41) is 17.4. The molecule has 0 aromatic heterocycles. The van der Waals surface area contributed by atoms with Crippen molar-refractivity contribution in [1.29, 1.82) is 0 Å². The zero-order chi connectivity index (χ0) is 15.5. The van der Waals surface area contributed by atoms with Gasteiger partial charge in [0, 0.05) is 52.9 Å². The van der Waals surface area contributed by atoms with Gasteiger partial charge >= 0.3 is 12.0 Å². The molecule has 1 heterocycles. The molecule has 21 heavy (non-hydrogen) atoms. The van der Waals surface area contributed by atoms with Crippen LogP contribution in [0, 0.1) is 0 Å². The number of piperazine rings is 1. The van der Waals surface area contributed by atoms with Gasteiger partial charge < -0.3 is 30.7 Å². The first-order valence-electron chi connectivity index (χ1n) is 7.32. The molecule has 0 aromatic rings. The predicted octanol–water partition coefficient (Wildman–Crippen LogP) is -0.929. The van der Waals surface area contributed by atoms with Gasteiger partial charge in [0.25, 0.3) is 0 Å². The fourth-order valence-corrected chi connectivity index (χ4v) is 2.14. The van der Waals surface area contributed by atoms with E-state index in [0.717, 1.165) is 39.1 Å². The van der Waals surface area contributed by atoms with E-state index in [9.17, 15) is 9.59 Å². The Kier molecular flexibility index (Phi) is 8.72. The number of ether oxygens (including phenoxy) is 1. The summed E-state index contributed by atoms with van der Waals surface area (Å²) >= 11 is 0. The fourth-order valence-electron chi connectivity index (χ4n) is 2.14. The number of nitrogens with zero attached hydrogens (tertiary/aromatic N) is 1. The maximum absolute atomic E-state index is 11.6. The third-order valence-electron chi connectivity index (χ3n) is 3.36. The Labute approximate surface area is 125 Å². The average molecular weight is 302 g/mol. The van der Waals surface area contributed by atoms with Crippen LogP contribution in [0.3, 0.4) is 0 Å². The second kappa shape index (κ2) is 10.4.